The summed E-state index contributed by atoms with van der Waals surface area (Å²) in [5.41, 5.74) is 3.66. The summed E-state index contributed by atoms with van der Waals surface area (Å²) in [4.78, 5) is 10.3. The number of nitro benzene ring substituents is 1. The summed E-state index contributed by atoms with van der Waals surface area (Å²) in [5.74, 6) is 5.82. The number of aromatic nitrogens is 2. The number of anilines is 1. The van der Waals surface area contributed by atoms with Gasteiger partial charge in [-0.1, -0.05) is 4.49 Å². The van der Waals surface area contributed by atoms with Crippen LogP contribution in [0.15, 0.2) is 18.2 Å². The molecule has 2 rings (SSSR count). The molecule has 3 N–H and O–H groups in total. The van der Waals surface area contributed by atoms with Gasteiger partial charge < -0.3 is 10.2 Å². The van der Waals surface area contributed by atoms with E-state index in [2.05, 4.69) is 15.0 Å². The fourth-order valence-corrected chi connectivity index (χ4v) is 1.97. The number of nitrogens with zero attached hydrogens (tertiary/aromatic N) is 3. The lowest BCUT2D eigenvalue weighted by molar-refractivity contribution is -0.385. The number of hydrogen-bond donors (Lipinski definition) is 2. The molecule has 9 heteroatoms. The number of hydrogen-bond acceptors (Lipinski definition) is 8. The third kappa shape index (κ3) is 2.95. The van der Waals surface area contributed by atoms with E-state index in [0.29, 0.717) is 22.0 Å². The highest BCUT2D eigenvalue weighted by atomic mass is 32.1. The van der Waals surface area contributed by atoms with Crippen molar-refractivity contribution in [3.63, 3.8) is 0 Å². The fourth-order valence-electron chi connectivity index (χ4n) is 1.49. The minimum Gasteiger partial charge on any atom is -0.487 e. The first-order valence-corrected chi connectivity index (χ1v) is 6.05. The van der Waals surface area contributed by atoms with E-state index in [4.69, 9.17) is 10.6 Å². The van der Waals surface area contributed by atoms with E-state index >= 15 is 0 Å². The van der Waals surface area contributed by atoms with Gasteiger partial charge in [0.15, 0.2) is 5.00 Å². The predicted octanol–water partition coefficient (Wildman–Crippen LogP) is 1.62. The summed E-state index contributed by atoms with van der Waals surface area (Å²) in [7, 11) is 0. The van der Waals surface area contributed by atoms with Crippen LogP contribution in [-0.2, 0) is 6.61 Å². The van der Waals surface area contributed by atoms with Crippen LogP contribution in [0.1, 0.15) is 11.3 Å². The van der Waals surface area contributed by atoms with Gasteiger partial charge in [0, 0.05) is 23.2 Å². The molecule has 0 saturated heterocycles. The molecule has 0 radical (unpaired) electrons. The maximum absolute atomic E-state index is 10.7. The number of nitrogen functional groups attached to an aromatic ring is 1. The molecule has 0 amide bonds. The Hall–Kier alpha value is -2.26. The average molecular weight is 281 g/mol. The standard InChI is InChI=1S/C10H11N5O3S/c1-6-4-7(2-3-9(6)15(16)17)18-5-8-10(12-11)19-14-13-8/h2-4,12H,5,11H2,1H3. The first-order valence-electron chi connectivity index (χ1n) is 5.27. The van der Waals surface area contributed by atoms with E-state index in [9.17, 15) is 10.1 Å². The first-order chi connectivity index (χ1) is 9.11. The van der Waals surface area contributed by atoms with Crippen LogP contribution in [0.2, 0.25) is 0 Å². The van der Waals surface area contributed by atoms with Crippen LogP contribution in [0.25, 0.3) is 0 Å². The summed E-state index contributed by atoms with van der Waals surface area (Å²) < 4.78 is 9.23. The van der Waals surface area contributed by atoms with Crippen molar-refractivity contribution in [1.29, 1.82) is 0 Å². The highest BCUT2D eigenvalue weighted by molar-refractivity contribution is 7.10. The third-order valence-corrected chi connectivity index (χ3v) is 3.13. The summed E-state index contributed by atoms with van der Waals surface area (Å²) in [6.45, 7) is 1.84. The van der Waals surface area contributed by atoms with E-state index in [1.54, 1.807) is 19.1 Å². The summed E-state index contributed by atoms with van der Waals surface area (Å²) >= 11 is 1.13. The highest BCUT2D eigenvalue weighted by Gasteiger charge is 2.12. The van der Waals surface area contributed by atoms with E-state index < -0.39 is 4.92 Å². The molecule has 0 bridgehead atoms. The normalized spacial score (nSPS) is 10.2. The maximum atomic E-state index is 10.7. The van der Waals surface area contributed by atoms with Gasteiger partial charge in [0.05, 0.1) is 4.92 Å². The minimum atomic E-state index is -0.431. The number of aryl methyl sites for hydroxylation is 1. The van der Waals surface area contributed by atoms with Gasteiger partial charge in [-0.25, -0.2) is 5.84 Å². The average Bonchev–Trinajstić information content (AvgIpc) is 2.83. The van der Waals surface area contributed by atoms with E-state index in [1.807, 2.05) is 0 Å². The van der Waals surface area contributed by atoms with Gasteiger partial charge in [-0.3, -0.25) is 10.1 Å². The maximum Gasteiger partial charge on any atom is 0.272 e. The molecule has 100 valence electrons. The highest BCUT2D eigenvalue weighted by Crippen LogP contribution is 2.24. The fraction of sp³-hybridized carbons (Fsp3) is 0.200. The number of rotatable bonds is 5. The molecule has 0 saturated carbocycles. The second-order valence-electron chi connectivity index (χ2n) is 3.69. The molecule has 0 aliphatic carbocycles. The number of hydrazine groups is 1. The lowest BCUT2D eigenvalue weighted by Gasteiger charge is -2.06. The van der Waals surface area contributed by atoms with Crippen molar-refractivity contribution in [2.24, 2.45) is 5.84 Å². The van der Waals surface area contributed by atoms with Gasteiger partial charge in [0.2, 0.25) is 0 Å². The Balaban J connectivity index is 2.08. The molecule has 0 aliphatic rings. The van der Waals surface area contributed by atoms with Crippen LogP contribution in [0, 0.1) is 17.0 Å². The van der Waals surface area contributed by atoms with E-state index in [1.165, 1.54) is 6.07 Å². The molecule has 2 aromatic rings. The monoisotopic (exact) mass is 281 g/mol. The van der Waals surface area contributed by atoms with Gasteiger partial charge in [-0.2, -0.15) is 0 Å². The van der Waals surface area contributed by atoms with Gasteiger partial charge in [-0.05, 0) is 19.1 Å². The van der Waals surface area contributed by atoms with Crippen LogP contribution < -0.4 is 16.0 Å². The molecule has 1 aromatic carbocycles. The minimum absolute atomic E-state index is 0.0620. The Morgan fingerprint density at radius 3 is 3.00 bits per heavy atom. The van der Waals surface area contributed by atoms with Crippen molar-refractivity contribution >= 4 is 22.2 Å². The molecule has 0 spiro atoms. The Morgan fingerprint density at radius 2 is 2.37 bits per heavy atom. The van der Waals surface area contributed by atoms with Crippen molar-refractivity contribution in [2.75, 3.05) is 5.43 Å². The van der Waals surface area contributed by atoms with Crippen LogP contribution in [-0.4, -0.2) is 14.5 Å². The Labute approximate surface area is 112 Å². The first kappa shape index (κ1) is 13.2. The largest absolute Gasteiger partial charge is 0.487 e. The van der Waals surface area contributed by atoms with Gasteiger partial charge in [-0.15, -0.1) is 5.10 Å². The second-order valence-corrected chi connectivity index (χ2v) is 4.44. The molecule has 0 aliphatic heterocycles. The Kier molecular flexibility index (Phi) is 3.88. The van der Waals surface area contributed by atoms with Crippen LogP contribution in [0.4, 0.5) is 10.7 Å². The molecule has 0 fully saturated rings. The smallest absolute Gasteiger partial charge is 0.272 e. The lowest BCUT2D eigenvalue weighted by atomic mass is 10.2. The number of nitrogens with two attached hydrogens (primary N) is 1. The molecule has 1 heterocycles. The van der Waals surface area contributed by atoms with Crippen molar-refractivity contribution in [3.8, 4) is 5.75 Å². The summed E-state index contributed by atoms with van der Waals surface area (Å²) in [6.07, 6.45) is 0. The second kappa shape index (κ2) is 5.59. The van der Waals surface area contributed by atoms with Crippen molar-refractivity contribution in [3.05, 3.63) is 39.6 Å². The van der Waals surface area contributed by atoms with Crippen LogP contribution in [0.5, 0.6) is 5.75 Å². The molecular weight excluding hydrogens is 270 g/mol. The lowest BCUT2D eigenvalue weighted by Crippen LogP contribution is -2.08. The molecule has 19 heavy (non-hydrogen) atoms. The van der Waals surface area contributed by atoms with Gasteiger partial charge in [0.1, 0.15) is 18.1 Å². The van der Waals surface area contributed by atoms with E-state index in [-0.39, 0.29) is 12.3 Å². The molecule has 1 aromatic heterocycles. The molecule has 0 unspecified atom stereocenters. The quantitative estimate of drug-likeness (QED) is 0.486. The number of benzene rings is 1. The van der Waals surface area contributed by atoms with E-state index in [0.717, 1.165) is 11.5 Å². The van der Waals surface area contributed by atoms with Crippen molar-refractivity contribution in [2.45, 2.75) is 13.5 Å². The van der Waals surface area contributed by atoms with Crippen molar-refractivity contribution < 1.29 is 9.66 Å². The molecular formula is C10H11N5O3S. The third-order valence-electron chi connectivity index (χ3n) is 2.43. The van der Waals surface area contributed by atoms with Crippen molar-refractivity contribution in [1.82, 2.24) is 9.59 Å². The molecule has 0 atom stereocenters. The van der Waals surface area contributed by atoms with Crippen LogP contribution >= 0.6 is 11.5 Å². The number of nitrogens with one attached hydrogen (secondary N) is 1. The summed E-state index contributed by atoms with van der Waals surface area (Å²) in [5, 5.41) is 15.2. The van der Waals surface area contributed by atoms with Gasteiger partial charge >= 0.3 is 0 Å². The summed E-state index contributed by atoms with van der Waals surface area (Å²) in [6, 6.07) is 4.56. The Morgan fingerprint density at radius 1 is 1.58 bits per heavy atom. The number of ether oxygens (including phenoxy) is 1. The zero-order valence-electron chi connectivity index (χ0n) is 9.99. The topological polar surface area (TPSA) is 116 Å². The SMILES string of the molecule is Cc1cc(OCc2nnsc2NN)ccc1[N+](=O)[O-]. The van der Waals surface area contributed by atoms with Gasteiger partial charge in [0.25, 0.3) is 5.69 Å². The van der Waals surface area contributed by atoms with Crippen LogP contribution in [0.3, 0.4) is 0 Å². The zero-order valence-corrected chi connectivity index (χ0v) is 10.8. The zero-order chi connectivity index (χ0) is 13.8. The molecule has 8 nitrogen and oxygen atoms in total. The Bertz CT molecular complexity index is 601. The predicted molar refractivity (Wildman–Crippen MR) is 69.9 cm³/mol. The number of nitro groups is 1.